The van der Waals surface area contributed by atoms with Crippen molar-refractivity contribution in [1.29, 1.82) is 0 Å². The van der Waals surface area contributed by atoms with Gasteiger partial charge in [0.1, 0.15) is 0 Å². The lowest BCUT2D eigenvalue weighted by molar-refractivity contribution is -0.145. The van der Waals surface area contributed by atoms with Crippen molar-refractivity contribution in [3.63, 3.8) is 0 Å². The summed E-state index contributed by atoms with van der Waals surface area (Å²) in [7, 11) is 1.38. The summed E-state index contributed by atoms with van der Waals surface area (Å²) in [5.74, 6) is -0.548. The van der Waals surface area contributed by atoms with Crippen LogP contribution in [0.4, 0.5) is 0 Å². The molecule has 1 aromatic heterocycles. The molecule has 0 aliphatic rings. The molecular weight excluding hydrogens is 228 g/mol. The molecule has 1 unspecified atom stereocenters. The van der Waals surface area contributed by atoms with Gasteiger partial charge in [0, 0.05) is 18.1 Å². The minimum absolute atomic E-state index is 0.260. The smallest absolute Gasteiger partial charge is 0.310 e. The van der Waals surface area contributed by atoms with Crippen molar-refractivity contribution < 1.29 is 9.53 Å². The van der Waals surface area contributed by atoms with Gasteiger partial charge in [-0.3, -0.25) is 9.78 Å². The summed E-state index contributed by atoms with van der Waals surface area (Å²) in [4.78, 5) is 15.8. The number of hydrogen-bond acceptors (Lipinski definition) is 4. The Labute approximate surface area is 106 Å². The van der Waals surface area contributed by atoms with Crippen LogP contribution >= 0.6 is 0 Å². The minimum atomic E-state index is -0.288. The van der Waals surface area contributed by atoms with Gasteiger partial charge in [-0.2, -0.15) is 0 Å². The van der Waals surface area contributed by atoms with Crippen LogP contribution in [0.5, 0.6) is 0 Å². The van der Waals surface area contributed by atoms with E-state index in [0.717, 1.165) is 16.5 Å². The largest absolute Gasteiger partial charge is 0.469 e. The maximum absolute atomic E-state index is 11.5. The van der Waals surface area contributed by atoms with E-state index in [-0.39, 0.29) is 18.4 Å². The summed E-state index contributed by atoms with van der Waals surface area (Å²) < 4.78 is 4.73. The fourth-order valence-electron chi connectivity index (χ4n) is 1.97. The third-order valence-electron chi connectivity index (χ3n) is 2.97. The highest BCUT2D eigenvalue weighted by molar-refractivity contribution is 5.79. The average molecular weight is 244 g/mol. The Hall–Kier alpha value is -1.94. The molecule has 1 atom stereocenters. The lowest BCUT2D eigenvalue weighted by Crippen LogP contribution is -2.26. The second-order valence-corrected chi connectivity index (χ2v) is 4.19. The van der Waals surface area contributed by atoms with Crippen LogP contribution in [0.2, 0.25) is 0 Å². The molecule has 1 aromatic carbocycles. The van der Waals surface area contributed by atoms with Crippen LogP contribution in [0.25, 0.3) is 10.9 Å². The molecular formula is C14H16N2O2. The van der Waals surface area contributed by atoms with Crippen molar-refractivity contribution in [2.45, 2.75) is 6.42 Å². The number of fused-ring (bicyclic) bond motifs is 1. The molecule has 4 nitrogen and oxygen atoms in total. The summed E-state index contributed by atoms with van der Waals surface area (Å²) in [5.41, 5.74) is 7.61. The van der Waals surface area contributed by atoms with Gasteiger partial charge in [-0.1, -0.05) is 12.1 Å². The number of ether oxygens (including phenoxy) is 1. The first-order valence-corrected chi connectivity index (χ1v) is 5.86. The summed E-state index contributed by atoms with van der Waals surface area (Å²) in [6, 6.07) is 9.86. The maximum atomic E-state index is 11.5. The first kappa shape index (κ1) is 12.5. The number of pyridine rings is 1. The summed E-state index contributed by atoms with van der Waals surface area (Å²) >= 11 is 0. The summed E-state index contributed by atoms with van der Waals surface area (Å²) in [6.07, 6.45) is 2.35. The molecule has 0 saturated carbocycles. The van der Waals surface area contributed by atoms with E-state index in [1.54, 1.807) is 6.20 Å². The van der Waals surface area contributed by atoms with Crippen molar-refractivity contribution in [3.05, 3.63) is 42.1 Å². The summed E-state index contributed by atoms with van der Waals surface area (Å²) in [5, 5.41) is 1.07. The highest BCUT2D eigenvalue weighted by atomic mass is 16.5. The Morgan fingerprint density at radius 2 is 2.28 bits per heavy atom. The van der Waals surface area contributed by atoms with Gasteiger partial charge >= 0.3 is 5.97 Å². The molecule has 1 heterocycles. The average Bonchev–Trinajstić information content (AvgIpc) is 2.43. The SMILES string of the molecule is COC(=O)C(CN)Cc1ccc2ncccc2c1. The number of esters is 1. The van der Waals surface area contributed by atoms with Gasteiger partial charge in [-0.15, -0.1) is 0 Å². The highest BCUT2D eigenvalue weighted by Gasteiger charge is 2.17. The van der Waals surface area contributed by atoms with E-state index in [1.165, 1.54) is 7.11 Å². The normalized spacial score (nSPS) is 12.3. The van der Waals surface area contributed by atoms with Gasteiger partial charge in [0.05, 0.1) is 18.5 Å². The van der Waals surface area contributed by atoms with Gasteiger partial charge in [0.25, 0.3) is 0 Å². The van der Waals surface area contributed by atoms with Gasteiger partial charge in [-0.25, -0.2) is 0 Å². The number of methoxy groups -OCH3 is 1. The van der Waals surface area contributed by atoms with Crippen LogP contribution in [0.15, 0.2) is 36.5 Å². The van der Waals surface area contributed by atoms with Crippen LogP contribution in [0, 0.1) is 5.92 Å². The van der Waals surface area contributed by atoms with E-state index in [4.69, 9.17) is 10.5 Å². The van der Waals surface area contributed by atoms with Crippen LogP contribution in [-0.4, -0.2) is 24.6 Å². The molecule has 94 valence electrons. The zero-order valence-corrected chi connectivity index (χ0v) is 10.3. The van der Waals surface area contributed by atoms with Gasteiger partial charge < -0.3 is 10.5 Å². The third kappa shape index (κ3) is 2.65. The molecule has 0 saturated heterocycles. The van der Waals surface area contributed by atoms with E-state index in [9.17, 15) is 4.79 Å². The Kier molecular flexibility index (Phi) is 3.89. The number of hydrogen-bond donors (Lipinski definition) is 1. The van der Waals surface area contributed by atoms with E-state index in [1.807, 2.05) is 30.3 Å². The number of carbonyl (C=O) groups excluding carboxylic acids is 1. The van der Waals surface area contributed by atoms with E-state index in [0.29, 0.717) is 6.42 Å². The van der Waals surface area contributed by atoms with Crippen LogP contribution in [0.3, 0.4) is 0 Å². The molecule has 2 N–H and O–H groups in total. The fraction of sp³-hybridized carbons (Fsp3) is 0.286. The van der Waals surface area contributed by atoms with Crippen molar-refractivity contribution >= 4 is 16.9 Å². The quantitative estimate of drug-likeness (QED) is 0.828. The molecule has 0 fully saturated rings. The molecule has 2 rings (SSSR count). The molecule has 0 aliphatic heterocycles. The molecule has 0 aliphatic carbocycles. The standard InChI is InChI=1S/C14H16N2O2/c1-18-14(17)12(9-15)8-10-4-5-13-11(7-10)3-2-6-16-13/h2-7,12H,8-9,15H2,1H3. The predicted octanol–water partition coefficient (Wildman–Crippen LogP) is 1.53. The molecule has 0 bridgehead atoms. The molecule has 2 aromatic rings. The summed E-state index contributed by atoms with van der Waals surface area (Å²) in [6.45, 7) is 0.289. The molecule has 0 amide bonds. The van der Waals surface area contributed by atoms with Gasteiger partial charge in [0.15, 0.2) is 0 Å². The molecule has 18 heavy (non-hydrogen) atoms. The monoisotopic (exact) mass is 244 g/mol. The second-order valence-electron chi connectivity index (χ2n) is 4.19. The van der Waals surface area contributed by atoms with E-state index in [2.05, 4.69) is 4.98 Å². The van der Waals surface area contributed by atoms with Crippen molar-refractivity contribution in [3.8, 4) is 0 Å². The molecule has 0 spiro atoms. The van der Waals surface area contributed by atoms with Crippen LogP contribution < -0.4 is 5.73 Å². The van der Waals surface area contributed by atoms with E-state index < -0.39 is 0 Å². The Bertz CT molecular complexity index is 554. The maximum Gasteiger partial charge on any atom is 0.310 e. The fourth-order valence-corrected chi connectivity index (χ4v) is 1.97. The Morgan fingerprint density at radius 3 is 3.00 bits per heavy atom. The Balaban J connectivity index is 2.23. The second kappa shape index (κ2) is 5.60. The first-order chi connectivity index (χ1) is 8.74. The first-order valence-electron chi connectivity index (χ1n) is 5.86. The predicted molar refractivity (Wildman–Crippen MR) is 70.0 cm³/mol. The van der Waals surface area contributed by atoms with Crippen LogP contribution in [-0.2, 0) is 16.0 Å². The lowest BCUT2D eigenvalue weighted by Gasteiger charge is -2.12. The highest BCUT2D eigenvalue weighted by Crippen LogP contribution is 2.16. The molecule has 4 heteroatoms. The van der Waals surface area contributed by atoms with Crippen LogP contribution in [0.1, 0.15) is 5.56 Å². The minimum Gasteiger partial charge on any atom is -0.469 e. The van der Waals surface area contributed by atoms with Crippen molar-refractivity contribution in [1.82, 2.24) is 4.98 Å². The third-order valence-corrected chi connectivity index (χ3v) is 2.97. The zero-order valence-electron chi connectivity index (χ0n) is 10.3. The van der Waals surface area contributed by atoms with Gasteiger partial charge in [0.2, 0.25) is 0 Å². The number of nitrogens with zero attached hydrogens (tertiary/aromatic N) is 1. The number of carbonyl (C=O) groups is 1. The molecule has 0 radical (unpaired) electrons. The topological polar surface area (TPSA) is 65.2 Å². The number of benzene rings is 1. The zero-order chi connectivity index (χ0) is 13.0. The van der Waals surface area contributed by atoms with Gasteiger partial charge in [-0.05, 0) is 30.2 Å². The van der Waals surface area contributed by atoms with Crippen molar-refractivity contribution in [2.75, 3.05) is 13.7 Å². The number of aromatic nitrogens is 1. The lowest BCUT2D eigenvalue weighted by atomic mass is 9.98. The number of rotatable bonds is 4. The Morgan fingerprint density at radius 1 is 1.44 bits per heavy atom. The van der Waals surface area contributed by atoms with Crippen molar-refractivity contribution in [2.24, 2.45) is 11.7 Å². The van der Waals surface area contributed by atoms with E-state index >= 15 is 0 Å². The number of nitrogens with two attached hydrogens (primary N) is 1.